The number of hydrogen-bond donors (Lipinski definition) is 2. The van der Waals surface area contributed by atoms with Gasteiger partial charge in [0.25, 0.3) is 0 Å². The van der Waals surface area contributed by atoms with Gasteiger partial charge in [-0.15, -0.1) is 0 Å². The summed E-state index contributed by atoms with van der Waals surface area (Å²) in [5, 5.41) is 0. The summed E-state index contributed by atoms with van der Waals surface area (Å²) in [6.45, 7) is 0. The van der Waals surface area contributed by atoms with Crippen LogP contribution in [0.3, 0.4) is 0 Å². The van der Waals surface area contributed by atoms with Crippen LogP contribution in [0.25, 0.3) is 0 Å². The molecule has 0 atom stereocenters. The van der Waals surface area contributed by atoms with Crippen LogP contribution < -0.4 is 0 Å². The van der Waals surface area contributed by atoms with E-state index in [9.17, 15) is 16.8 Å². The van der Waals surface area contributed by atoms with Gasteiger partial charge in [0.05, 0.1) is 0 Å². The second kappa shape index (κ2) is 6.60. The molecule has 0 saturated carbocycles. The summed E-state index contributed by atoms with van der Waals surface area (Å²) in [6, 6.07) is 0. The Labute approximate surface area is 69.5 Å². The lowest BCUT2D eigenvalue weighted by molar-refractivity contribution is 0.606. The molecule has 11 heavy (non-hydrogen) atoms. The van der Waals surface area contributed by atoms with Gasteiger partial charge in [-0.1, -0.05) is 6.42 Å². The van der Waals surface area contributed by atoms with Gasteiger partial charge in [-0.2, -0.15) is 0 Å². The number of unbranched alkanes of at least 4 members (excludes halogenated alkanes) is 2. The molecule has 0 aliphatic heterocycles. The Morgan fingerprint density at radius 1 is 0.636 bits per heavy atom. The molecule has 0 aromatic carbocycles. The molecule has 0 bridgehead atoms. The molecule has 6 heteroatoms. The van der Waals surface area contributed by atoms with Crippen molar-refractivity contribution in [1.29, 1.82) is 0 Å². The van der Waals surface area contributed by atoms with Crippen LogP contribution in [-0.2, 0) is 21.4 Å². The zero-order valence-corrected chi connectivity index (χ0v) is 7.85. The molecular weight excluding hydrogens is 188 g/mol. The first kappa shape index (κ1) is 10.9. The molecule has 0 radical (unpaired) electrons. The van der Waals surface area contributed by atoms with Crippen molar-refractivity contribution in [2.75, 3.05) is 11.5 Å². The van der Waals surface area contributed by atoms with Gasteiger partial charge in [0.2, 0.25) is 0 Å². The Morgan fingerprint density at radius 3 is 1.27 bits per heavy atom. The average Bonchev–Trinajstić information content (AvgIpc) is 1.85. The highest BCUT2D eigenvalue weighted by Crippen LogP contribution is 1.94. The van der Waals surface area contributed by atoms with Crippen LogP contribution in [0.4, 0.5) is 0 Å². The summed E-state index contributed by atoms with van der Waals surface area (Å²) in [4.78, 5) is 0. The average molecular weight is 200 g/mol. The minimum Gasteiger partial charge on any atom is -0.232 e. The maximum Gasteiger partial charge on any atom is 0.140 e. The quantitative estimate of drug-likeness (QED) is 0.443. The van der Waals surface area contributed by atoms with E-state index in [1.807, 2.05) is 0 Å². The molecule has 0 amide bonds. The largest absolute Gasteiger partial charge is 0.232 e. The minimum absolute atomic E-state index is 0.172. The molecular formula is C5H12O4S2. The molecule has 0 aromatic rings. The lowest BCUT2D eigenvalue weighted by Gasteiger charge is -1.91. The van der Waals surface area contributed by atoms with Gasteiger partial charge < -0.3 is 0 Å². The monoisotopic (exact) mass is 200 g/mol. The first-order valence-electron chi connectivity index (χ1n) is 3.36. The van der Waals surface area contributed by atoms with Gasteiger partial charge in [0.15, 0.2) is 0 Å². The van der Waals surface area contributed by atoms with Crippen molar-refractivity contribution < 1.29 is 16.8 Å². The van der Waals surface area contributed by atoms with E-state index in [4.69, 9.17) is 0 Å². The smallest absolute Gasteiger partial charge is 0.140 e. The highest BCUT2D eigenvalue weighted by atomic mass is 32.2. The lowest BCUT2D eigenvalue weighted by atomic mass is 10.3. The Hall–Kier alpha value is -0.100. The SMILES string of the molecule is O=[SH](=O)CCCCC[SH](=O)=O. The van der Waals surface area contributed by atoms with Crippen LogP contribution in [-0.4, -0.2) is 28.3 Å². The molecule has 68 valence electrons. The van der Waals surface area contributed by atoms with Crippen LogP contribution in [0.1, 0.15) is 19.3 Å². The van der Waals surface area contributed by atoms with Crippen LogP contribution in [0.2, 0.25) is 0 Å². The van der Waals surface area contributed by atoms with Crippen LogP contribution in [0.5, 0.6) is 0 Å². The molecule has 0 aliphatic carbocycles. The van der Waals surface area contributed by atoms with E-state index in [-0.39, 0.29) is 11.5 Å². The van der Waals surface area contributed by atoms with E-state index in [2.05, 4.69) is 0 Å². The summed E-state index contributed by atoms with van der Waals surface area (Å²) < 4.78 is 40.1. The summed E-state index contributed by atoms with van der Waals surface area (Å²) in [5.74, 6) is 0.343. The fourth-order valence-corrected chi connectivity index (χ4v) is 1.62. The van der Waals surface area contributed by atoms with Gasteiger partial charge in [0.1, 0.15) is 21.4 Å². The van der Waals surface area contributed by atoms with Crippen molar-refractivity contribution in [3.05, 3.63) is 0 Å². The van der Waals surface area contributed by atoms with Crippen LogP contribution in [0.15, 0.2) is 0 Å². The molecule has 0 rings (SSSR count). The van der Waals surface area contributed by atoms with Crippen molar-refractivity contribution in [2.45, 2.75) is 19.3 Å². The normalized spacial score (nSPS) is 11.1. The number of thiol groups is 2. The van der Waals surface area contributed by atoms with Gasteiger partial charge in [-0.05, 0) is 12.8 Å². The highest BCUT2D eigenvalue weighted by Gasteiger charge is 1.91. The summed E-state index contributed by atoms with van der Waals surface area (Å²) in [5.41, 5.74) is 0. The van der Waals surface area contributed by atoms with Crippen LogP contribution in [0, 0.1) is 0 Å². The van der Waals surface area contributed by atoms with Crippen molar-refractivity contribution >= 4 is 21.4 Å². The highest BCUT2D eigenvalue weighted by molar-refractivity contribution is 7.72. The number of hydrogen-bond acceptors (Lipinski definition) is 4. The van der Waals surface area contributed by atoms with Crippen molar-refractivity contribution in [3.63, 3.8) is 0 Å². The summed E-state index contributed by atoms with van der Waals surface area (Å²) in [7, 11) is -4.57. The van der Waals surface area contributed by atoms with E-state index >= 15 is 0 Å². The Morgan fingerprint density at radius 2 is 1.00 bits per heavy atom. The third kappa shape index (κ3) is 9.90. The fourth-order valence-electron chi connectivity index (χ4n) is 0.659. The van der Waals surface area contributed by atoms with Gasteiger partial charge >= 0.3 is 0 Å². The second-order valence-corrected chi connectivity index (χ2v) is 4.40. The minimum atomic E-state index is -2.28. The third-order valence-corrected chi connectivity index (χ3v) is 2.54. The molecule has 0 fully saturated rings. The van der Waals surface area contributed by atoms with E-state index in [1.165, 1.54) is 0 Å². The predicted octanol–water partition coefficient (Wildman–Crippen LogP) is -0.620. The lowest BCUT2D eigenvalue weighted by Crippen LogP contribution is -1.91. The fraction of sp³-hybridized carbons (Fsp3) is 1.00. The molecule has 0 spiro atoms. The van der Waals surface area contributed by atoms with Crippen LogP contribution >= 0.6 is 0 Å². The Kier molecular flexibility index (Phi) is 6.54. The third-order valence-electron chi connectivity index (χ3n) is 1.18. The zero-order valence-electron chi connectivity index (χ0n) is 6.06. The van der Waals surface area contributed by atoms with Gasteiger partial charge in [0, 0.05) is 11.5 Å². The van der Waals surface area contributed by atoms with Gasteiger partial charge in [-0.25, -0.2) is 16.8 Å². The summed E-state index contributed by atoms with van der Waals surface area (Å²) >= 11 is 0. The first-order chi connectivity index (χ1) is 5.13. The second-order valence-electron chi connectivity index (χ2n) is 2.17. The van der Waals surface area contributed by atoms with E-state index in [0.717, 1.165) is 0 Å². The standard InChI is InChI=1S/C5H12O4S2/c6-10(7)4-2-1-3-5-11(8)9/h10-11H,1-5H2. The maximum atomic E-state index is 10.0. The summed E-state index contributed by atoms with van der Waals surface area (Å²) in [6.07, 6.45) is 1.82. The Balaban J connectivity index is 3.15. The van der Waals surface area contributed by atoms with Gasteiger partial charge in [-0.3, -0.25) is 0 Å². The molecule has 4 nitrogen and oxygen atoms in total. The number of rotatable bonds is 6. The molecule has 0 heterocycles. The zero-order chi connectivity index (χ0) is 8.69. The van der Waals surface area contributed by atoms with E-state index in [0.29, 0.717) is 19.3 Å². The van der Waals surface area contributed by atoms with Crippen molar-refractivity contribution in [2.24, 2.45) is 0 Å². The molecule has 0 saturated heterocycles. The topological polar surface area (TPSA) is 68.3 Å². The molecule has 0 N–H and O–H groups in total. The molecule has 0 aromatic heterocycles. The molecule has 0 unspecified atom stereocenters. The molecule has 0 aliphatic rings. The van der Waals surface area contributed by atoms with Crippen molar-refractivity contribution in [3.8, 4) is 0 Å². The van der Waals surface area contributed by atoms with Crippen molar-refractivity contribution in [1.82, 2.24) is 0 Å². The van der Waals surface area contributed by atoms with E-state index < -0.39 is 21.4 Å². The van der Waals surface area contributed by atoms with E-state index in [1.54, 1.807) is 0 Å². The Bertz CT molecular complexity index is 189. The maximum absolute atomic E-state index is 10.0. The predicted molar refractivity (Wildman–Crippen MR) is 44.2 cm³/mol. The first-order valence-corrected chi connectivity index (χ1v) is 6.09.